The number of nitrogens with two attached hydrogens (primary N) is 1. The summed E-state index contributed by atoms with van der Waals surface area (Å²) in [6, 6.07) is 1.69. The van der Waals surface area contributed by atoms with E-state index in [9.17, 15) is 0 Å². The van der Waals surface area contributed by atoms with Crippen LogP contribution in [0.2, 0.25) is 0 Å². The summed E-state index contributed by atoms with van der Waals surface area (Å²) in [6.07, 6.45) is 7.79. The maximum atomic E-state index is 6.23. The molecule has 3 atom stereocenters. The van der Waals surface area contributed by atoms with Crippen LogP contribution in [-0.2, 0) is 0 Å². The number of hydrogen-bond donors (Lipinski definition) is 1. The lowest BCUT2D eigenvalue weighted by molar-refractivity contribution is 0.149. The van der Waals surface area contributed by atoms with Crippen molar-refractivity contribution in [2.45, 2.75) is 70.5 Å². The Kier molecular flexibility index (Phi) is 4.90. The summed E-state index contributed by atoms with van der Waals surface area (Å²) in [5, 5.41) is 0. The normalized spacial score (nSPS) is 31.5. The first-order valence-electron chi connectivity index (χ1n) is 6.14. The second-order valence-corrected chi connectivity index (χ2v) is 4.79. The van der Waals surface area contributed by atoms with Crippen molar-refractivity contribution in [2.75, 3.05) is 7.05 Å². The number of rotatable bonds is 3. The molecule has 0 bridgehead atoms. The van der Waals surface area contributed by atoms with Crippen molar-refractivity contribution in [2.24, 2.45) is 5.73 Å². The molecule has 1 rings (SSSR count). The van der Waals surface area contributed by atoms with Crippen molar-refractivity contribution in [1.29, 1.82) is 0 Å². The van der Waals surface area contributed by atoms with Gasteiger partial charge in [0.25, 0.3) is 0 Å². The zero-order valence-electron chi connectivity index (χ0n) is 10.00. The van der Waals surface area contributed by atoms with Crippen LogP contribution in [0.25, 0.3) is 0 Å². The minimum Gasteiger partial charge on any atom is -0.326 e. The molecule has 2 N–H and O–H groups in total. The van der Waals surface area contributed by atoms with Gasteiger partial charge >= 0.3 is 0 Å². The van der Waals surface area contributed by atoms with E-state index in [2.05, 4.69) is 25.8 Å². The second kappa shape index (κ2) is 5.72. The van der Waals surface area contributed by atoms with Crippen LogP contribution in [0, 0.1) is 0 Å². The Morgan fingerprint density at radius 1 is 1.29 bits per heavy atom. The van der Waals surface area contributed by atoms with Gasteiger partial charge in [0.2, 0.25) is 0 Å². The Hall–Kier alpha value is -0.0800. The van der Waals surface area contributed by atoms with Crippen LogP contribution < -0.4 is 5.73 Å². The number of likely N-dealkylation sites (N-methyl/N-ethyl adjacent to an activating group) is 1. The highest BCUT2D eigenvalue weighted by molar-refractivity contribution is 4.84. The van der Waals surface area contributed by atoms with Gasteiger partial charge in [0.05, 0.1) is 0 Å². The fraction of sp³-hybridized carbons (Fsp3) is 1.00. The van der Waals surface area contributed by atoms with Crippen LogP contribution >= 0.6 is 0 Å². The Bertz CT molecular complexity index is 158. The van der Waals surface area contributed by atoms with Gasteiger partial charge in [-0.15, -0.1) is 0 Å². The minimum atomic E-state index is 0.400. The number of hydrogen-bond acceptors (Lipinski definition) is 2. The Balaban J connectivity index is 2.53. The molecular weight excluding hydrogens is 172 g/mol. The third kappa shape index (κ3) is 2.96. The van der Waals surface area contributed by atoms with E-state index in [0.29, 0.717) is 18.1 Å². The zero-order valence-corrected chi connectivity index (χ0v) is 10.00. The molecule has 1 aliphatic carbocycles. The summed E-state index contributed by atoms with van der Waals surface area (Å²) >= 11 is 0. The Morgan fingerprint density at radius 2 is 1.93 bits per heavy atom. The molecule has 0 aromatic heterocycles. The number of nitrogens with zero attached hydrogens (tertiary/aromatic N) is 1. The predicted molar refractivity (Wildman–Crippen MR) is 62.4 cm³/mol. The monoisotopic (exact) mass is 198 g/mol. The highest BCUT2D eigenvalue weighted by atomic mass is 15.2. The van der Waals surface area contributed by atoms with E-state index in [1.165, 1.54) is 38.5 Å². The van der Waals surface area contributed by atoms with Crippen LogP contribution in [0.15, 0.2) is 0 Å². The van der Waals surface area contributed by atoms with Crippen LogP contribution in [0.3, 0.4) is 0 Å². The van der Waals surface area contributed by atoms with Gasteiger partial charge in [-0.1, -0.05) is 26.2 Å². The van der Waals surface area contributed by atoms with Crippen LogP contribution in [0.4, 0.5) is 0 Å². The van der Waals surface area contributed by atoms with Gasteiger partial charge in [-0.25, -0.2) is 0 Å². The zero-order chi connectivity index (χ0) is 10.6. The first-order valence-corrected chi connectivity index (χ1v) is 6.14. The first kappa shape index (κ1) is 12.0. The quantitative estimate of drug-likeness (QED) is 0.705. The van der Waals surface area contributed by atoms with Crippen molar-refractivity contribution in [3.63, 3.8) is 0 Å². The fourth-order valence-electron chi connectivity index (χ4n) is 2.44. The smallest absolute Gasteiger partial charge is 0.0246 e. The SMILES string of the molecule is CCC(C)N(C)C1CCCCCC1N. The van der Waals surface area contributed by atoms with Gasteiger partial charge in [0.15, 0.2) is 0 Å². The standard InChI is InChI=1S/C12H26N2/c1-4-10(2)14(3)12-9-7-5-6-8-11(12)13/h10-12H,4-9,13H2,1-3H3. The van der Waals surface area contributed by atoms with Gasteiger partial charge < -0.3 is 5.73 Å². The molecule has 0 aliphatic heterocycles. The van der Waals surface area contributed by atoms with E-state index in [1.54, 1.807) is 0 Å². The van der Waals surface area contributed by atoms with Gasteiger partial charge in [-0.3, -0.25) is 4.90 Å². The van der Waals surface area contributed by atoms with E-state index in [4.69, 9.17) is 5.73 Å². The summed E-state index contributed by atoms with van der Waals surface area (Å²) in [5.74, 6) is 0. The molecule has 0 saturated heterocycles. The predicted octanol–water partition coefficient (Wildman–Crippen LogP) is 2.38. The van der Waals surface area contributed by atoms with Crippen LogP contribution in [0.1, 0.15) is 52.4 Å². The van der Waals surface area contributed by atoms with Crippen molar-refractivity contribution in [3.05, 3.63) is 0 Å². The third-order valence-corrected chi connectivity index (χ3v) is 3.84. The van der Waals surface area contributed by atoms with Gasteiger partial charge in [-0.2, -0.15) is 0 Å². The summed E-state index contributed by atoms with van der Waals surface area (Å²) in [4.78, 5) is 2.50. The molecule has 0 aromatic rings. The van der Waals surface area contributed by atoms with E-state index in [1.807, 2.05) is 0 Å². The van der Waals surface area contributed by atoms with Crippen molar-refractivity contribution in [1.82, 2.24) is 4.90 Å². The molecule has 3 unspecified atom stereocenters. The first-order chi connectivity index (χ1) is 6.66. The topological polar surface area (TPSA) is 29.3 Å². The Morgan fingerprint density at radius 3 is 2.57 bits per heavy atom. The molecule has 0 amide bonds. The van der Waals surface area contributed by atoms with Gasteiger partial charge in [0, 0.05) is 18.1 Å². The molecular formula is C12H26N2. The molecule has 84 valence electrons. The lowest BCUT2D eigenvalue weighted by atomic mass is 10.0. The average molecular weight is 198 g/mol. The summed E-state index contributed by atoms with van der Waals surface area (Å²) < 4.78 is 0. The molecule has 1 fully saturated rings. The molecule has 0 heterocycles. The lowest BCUT2D eigenvalue weighted by Gasteiger charge is -2.35. The summed E-state index contributed by atoms with van der Waals surface area (Å²) in [5.41, 5.74) is 6.23. The molecule has 0 radical (unpaired) electrons. The van der Waals surface area contributed by atoms with Crippen molar-refractivity contribution in [3.8, 4) is 0 Å². The Labute approximate surface area is 88.8 Å². The summed E-state index contributed by atoms with van der Waals surface area (Å²) in [7, 11) is 2.24. The molecule has 2 nitrogen and oxygen atoms in total. The van der Waals surface area contributed by atoms with Crippen LogP contribution in [-0.4, -0.2) is 30.1 Å². The summed E-state index contributed by atoms with van der Waals surface area (Å²) in [6.45, 7) is 4.56. The van der Waals surface area contributed by atoms with E-state index in [-0.39, 0.29) is 0 Å². The largest absolute Gasteiger partial charge is 0.326 e. The molecule has 2 heteroatoms. The maximum absolute atomic E-state index is 6.23. The fourth-order valence-corrected chi connectivity index (χ4v) is 2.44. The van der Waals surface area contributed by atoms with Gasteiger partial charge in [0.1, 0.15) is 0 Å². The second-order valence-electron chi connectivity index (χ2n) is 4.79. The van der Waals surface area contributed by atoms with Crippen LogP contribution in [0.5, 0.6) is 0 Å². The molecule has 0 aromatic carbocycles. The van der Waals surface area contributed by atoms with Gasteiger partial charge in [-0.05, 0) is 33.2 Å². The third-order valence-electron chi connectivity index (χ3n) is 3.84. The van der Waals surface area contributed by atoms with E-state index in [0.717, 1.165) is 0 Å². The molecule has 1 saturated carbocycles. The lowest BCUT2D eigenvalue weighted by Crippen LogP contribution is -2.48. The van der Waals surface area contributed by atoms with E-state index < -0.39 is 0 Å². The average Bonchev–Trinajstić information content (AvgIpc) is 2.40. The van der Waals surface area contributed by atoms with Crippen molar-refractivity contribution < 1.29 is 0 Å². The molecule has 1 aliphatic rings. The minimum absolute atomic E-state index is 0.400. The van der Waals surface area contributed by atoms with Crippen molar-refractivity contribution >= 4 is 0 Å². The maximum Gasteiger partial charge on any atom is 0.0246 e. The highest BCUT2D eigenvalue weighted by Crippen LogP contribution is 2.22. The molecule has 14 heavy (non-hydrogen) atoms. The van der Waals surface area contributed by atoms with E-state index >= 15 is 0 Å². The highest BCUT2D eigenvalue weighted by Gasteiger charge is 2.25. The molecule has 0 spiro atoms.